The fraction of sp³-hybridized carbons (Fsp3) is 0.0192. The Kier molecular flexibility index (Phi) is 15.8. The van der Waals surface area contributed by atoms with Crippen LogP contribution in [0.15, 0.2) is 431 Å². The number of hydrogen-bond donors (Lipinski definition) is 0. The van der Waals surface area contributed by atoms with E-state index in [-0.39, 0.29) is 5.92 Å². The van der Waals surface area contributed by atoms with Crippen molar-refractivity contribution in [2.24, 2.45) is 0 Å². The van der Waals surface area contributed by atoms with Crippen molar-refractivity contribution < 1.29 is 0 Å². The predicted octanol–water partition coefficient (Wildman–Crippen LogP) is 28.1. The first-order valence-electron chi connectivity index (χ1n) is 37.3. The van der Waals surface area contributed by atoms with Gasteiger partial charge in [-0.3, -0.25) is 0 Å². The van der Waals surface area contributed by atoms with Gasteiger partial charge in [0.15, 0.2) is 0 Å². The Labute approximate surface area is 631 Å². The summed E-state index contributed by atoms with van der Waals surface area (Å²) in [6, 6.07) is 159. The molecule has 0 N–H and O–H groups in total. The van der Waals surface area contributed by atoms with Crippen LogP contribution in [0.2, 0.25) is 0 Å². The van der Waals surface area contributed by atoms with Gasteiger partial charge in [0.05, 0.1) is 5.41 Å². The summed E-state index contributed by atoms with van der Waals surface area (Å²) in [4.78, 5) is 9.42. The summed E-state index contributed by atoms with van der Waals surface area (Å²) in [6.07, 6.45) is 0. The van der Waals surface area contributed by atoms with Gasteiger partial charge < -0.3 is 19.6 Å². The molecule has 0 bridgehead atoms. The molecule has 3 aliphatic rings. The minimum absolute atomic E-state index is 0.103. The van der Waals surface area contributed by atoms with E-state index in [2.05, 4.69) is 450 Å². The maximum absolute atomic E-state index is 2.54. The number of anilines is 12. The van der Waals surface area contributed by atoms with Crippen molar-refractivity contribution in [3.63, 3.8) is 0 Å². The first kappa shape index (κ1) is 63.6. The van der Waals surface area contributed by atoms with Crippen molar-refractivity contribution in [1.82, 2.24) is 0 Å². The largest absolute Gasteiger partial charge is 0.311 e. The maximum Gasteiger partial charge on any atom is 0.0720 e. The Hall–Kier alpha value is -14.1. The van der Waals surface area contributed by atoms with Crippen LogP contribution in [-0.2, 0) is 5.41 Å². The van der Waals surface area contributed by atoms with E-state index < -0.39 is 5.41 Å². The molecule has 1 atom stereocenters. The first-order chi connectivity index (χ1) is 53.6. The van der Waals surface area contributed by atoms with Crippen LogP contribution in [0.3, 0.4) is 0 Å². The molecule has 1 unspecified atom stereocenters. The quantitative estimate of drug-likeness (QED) is 0.0956. The van der Waals surface area contributed by atoms with Crippen molar-refractivity contribution in [2.75, 3.05) is 19.6 Å². The lowest BCUT2D eigenvalue weighted by Crippen LogP contribution is -2.35. The molecule has 0 fully saturated rings. The molecule has 17 aromatic carbocycles. The zero-order valence-corrected chi connectivity index (χ0v) is 59.4. The van der Waals surface area contributed by atoms with Crippen LogP contribution in [0.4, 0.5) is 68.2 Å². The summed E-state index contributed by atoms with van der Waals surface area (Å²) >= 11 is 0. The van der Waals surface area contributed by atoms with Crippen molar-refractivity contribution in [3.8, 4) is 66.8 Å². The van der Waals surface area contributed by atoms with E-state index in [1.165, 1.54) is 83.5 Å². The lowest BCUT2D eigenvalue weighted by molar-refractivity contribution is 0.704. The second-order valence-corrected chi connectivity index (χ2v) is 28.3. The molecule has 0 radical (unpaired) electrons. The lowest BCUT2D eigenvalue weighted by Gasteiger charge is -2.42. The van der Waals surface area contributed by atoms with Crippen molar-refractivity contribution in [1.29, 1.82) is 0 Å². The molecule has 0 saturated heterocycles. The van der Waals surface area contributed by atoms with Crippen molar-refractivity contribution >= 4 is 68.2 Å². The molecule has 0 aromatic heterocycles. The standard InChI is InChI=1S/C104H72N4/c1-7-26-72(27-8-1)76-30-23-40-90(68-76)107(88-62-58-86(59-63-88)105(80-32-11-3-12-33-80)81-34-13-4-14-35-81)84-54-48-74(49-55-84)78-52-66-93-94-67-53-79(71-101(94)104(100(93)70-78)98-46-22-21-44-97(98)102-95-43-20-19-42-92(95)96-45-25-47-99(104)103(96)102)75-50-56-85(57-51-75)108(91-41-24-31-77(69-91)73-28-9-2-10-29-73)89-64-60-87(61-65-89)106(82-36-15-5-16-37-82)83-38-17-6-18-39-83/h1-71,102H. The topological polar surface area (TPSA) is 13.0 Å². The van der Waals surface area contributed by atoms with Gasteiger partial charge in [0.25, 0.3) is 0 Å². The minimum atomic E-state index is -0.663. The van der Waals surface area contributed by atoms with Gasteiger partial charge in [0, 0.05) is 74.2 Å². The normalized spacial score (nSPS) is 13.0. The summed E-state index contributed by atoms with van der Waals surface area (Å²) < 4.78 is 0. The molecular formula is C104H72N4. The third-order valence-corrected chi connectivity index (χ3v) is 22.3. The predicted molar refractivity (Wildman–Crippen MR) is 451 cm³/mol. The van der Waals surface area contributed by atoms with Gasteiger partial charge in [-0.15, -0.1) is 0 Å². The van der Waals surface area contributed by atoms with Crippen LogP contribution in [0.25, 0.3) is 66.8 Å². The number of fused-ring (bicyclic) bond motifs is 12. The number of nitrogens with zero attached hydrogens (tertiary/aromatic N) is 4. The fourth-order valence-corrected chi connectivity index (χ4v) is 17.5. The van der Waals surface area contributed by atoms with Gasteiger partial charge in [-0.05, 0) is 263 Å². The number of hydrogen-bond acceptors (Lipinski definition) is 4. The first-order valence-corrected chi connectivity index (χ1v) is 37.3. The number of rotatable bonds is 16. The van der Waals surface area contributed by atoms with Gasteiger partial charge in [0.2, 0.25) is 0 Å². The number of para-hydroxylation sites is 4. The van der Waals surface area contributed by atoms with E-state index in [9.17, 15) is 0 Å². The lowest BCUT2D eigenvalue weighted by atomic mass is 9.59. The van der Waals surface area contributed by atoms with E-state index in [1.54, 1.807) is 0 Å². The van der Waals surface area contributed by atoms with Gasteiger partial charge in [-0.25, -0.2) is 0 Å². The highest BCUT2D eigenvalue weighted by Gasteiger charge is 2.54. The Bertz CT molecular complexity index is 5760. The van der Waals surface area contributed by atoms with E-state index in [4.69, 9.17) is 0 Å². The molecule has 0 heterocycles. The molecule has 0 amide bonds. The summed E-state index contributed by atoms with van der Waals surface area (Å²) in [5, 5.41) is 0. The molecule has 0 saturated carbocycles. The van der Waals surface area contributed by atoms with Crippen molar-refractivity contribution in [2.45, 2.75) is 11.3 Å². The Morgan fingerprint density at radius 2 is 0.426 bits per heavy atom. The van der Waals surface area contributed by atoms with Gasteiger partial charge in [0.1, 0.15) is 0 Å². The summed E-state index contributed by atoms with van der Waals surface area (Å²) in [7, 11) is 0. The molecule has 4 nitrogen and oxygen atoms in total. The molecule has 4 heteroatoms. The SMILES string of the molecule is c1ccc(-c2cccc(N(c3ccc(-c4ccc5c(c4)C4(c6cc(-c7ccc(N(c8ccc(N(c9ccccc9)c9ccccc9)cc8)c8cccc(-c9ccccc9)c8)cc7)ccc6-5)c5ccccc5C5c6ccccc6-c6cccc4c65)cc3)c3ccc(N(c4ccccc4)c4ccccc4)cc3)c2)cc1. The molecule has 1 spiro atoms. The van der Waals surface area contributed by atoms with Gasteiger partial charge in [-0.1, -0.05) is 273 Å². The maximum atomic E-state index is 2.54. The van der Waals surface area contributed by atoms with E-state index >= 15 is 0 Å². The Morgan fingerprint density at radius 3 is 0.843 bits per heavy atom. The van der Waals surface area contributed by atoms with Crippen LogP contribution in [0.5, 0.6) is 0 Å². The Morgan fingerprint density at radius 1 is 0.157 bits per heavy atom. The second-order valence-electron chi connectivity index (χ2n) is 28.3. The molecule has 3 aliphatic carbocycles. The Balaban J connectivity index is 0.700. The van der Waals surface area contributed by atoms with Crippen LogP contribution < -0.4 is 19.6 Å². The molecule has 108 heavy (non-hydrogen) atoms. The summed E-state index contributed by atoms with van der Waals surface area (Å²) in [5.41, 5.74) is 36.2. The van der Waals surface area contributed by atoms with Gasteiger partial charge >= 0.3 is 0 Å². The zero-order valence-electron chi connectivity index (χ0n) is 59.4. The highest BCUT2D eigenvalue weighted by molar-refractivity contribution is 5.96. The monoisotopic (exact) mass is 1380 g/mol. The summed E-state index contributed by atoms with van der Waals surface area (Å²) in [6.45, 7) is 0. The zero-order chi connectivity index (χ0) is 71.5. The van der Waals surface area contributed by atoms with Gasteiger partial charge in [-0.2, -0.15) is 0 Å². The molecule has 508 valence electrons. The smallest absolute Gasteiger partial charge is 0.0720 e. The third-order valence-electron chi connectivity index (χ3n) is 22.3. The highest BCUT2D eigenvalue weighted by atomic mass is 15.2. The van der Waals surface area contributed by atoms with Crippen molar-refractivity contribution in [3.05, 3.63) is 470 Å². The molecular weight excluding hydrogens is 1310 g/mol. The number of benzene rings is 17. The molecule has 0 aliphatic heterocycles. The average molecular weight is 1380 g/mol. The van der Waals surface area contributed by atoms with Crippen LogP contribution >= 0.6 is 0 Å². The van der Waals surface area contributed by atoms with Crippen LogP contribution in [-0.4, -0.2) is 0 Å². The van der Waals surface area contributed by atoms with E-state index in [1.807, 2.05) is 0 Å². The fourth-order valence-electron chi connectivity index (χ4n) is 17.5. The molecule has 20 rings (SSSR count). The van der Waals surface area contributed by atoms with E-state index in [0.717, 1.165) is 90.5 Å². The van der Waals surface area contributed by atoms with Crippen LogP contribution in [0, 0.1) is 0 Å². The summed E-state index contributed by atoms with van der Waals surface area (Å²) in [5.74, 6) is 0.103. The third kappa shape index (κ3) is 10.9. The van der Waals surface area contributed by atoms with E-state index in [0.29, 0.717) is 0 Å². The van der Waals surface area contributed by atoms with Crippen LogP contribution in [0.1, 0.15) is 44.9 Å². The highest BCUT2D eigenvalue weighted by Crippen LogP contribution is 2.66. The molecule has 17 aromatic rings. The average Bonchev–Trinajstić information content (AvgIpc) is 1.47. The second kappa shape index (κ2) is 26.9. The minimum Gasteiger partial charge on any atom is -0.311 e.